The fraction of sp³-hybridized carbons (Fsp3) is 0.389. The van der Waals surface area contributed by atoms with Gasteiger partial charge < -0.3 is 20.7 Å². The van der Waals surface area contributed by atoms with Crippen LogP contribution in [0.2, 0.25) is 0 Å². The van der Waals surface area contributed by atoms with E-state index < -0.39 is 5.97 Å². The maximum Gasteiger partial charge on any atom is 0.337 e. The van der Waals surface area contributed by atoms with Gasteiger partial charge in [-0.25, -0.2) is 4.79 Å². The minimum atomic E-state index is -0.422. The Morgan fingerprint density at radius 1 is 1.27 bits per heavy atom. The Morgan fingerprint density at radius 2 is 1.92 bits per heavy atom. The Balaban J connectivity index is 1.96. The maximum absolute atomic E-state index is 12.5. The van der Waals surface area contributed by atoms with Crippen molar-refractivity contribution in [3.63, 3.8) is 0 Å². The summed E-state index contributed by atoms with van der Waals surface area (Å²) in [5.74, 6) is -0.715. The average molecular weight is 357 g/mol. The lowest BCUT2D eigenvalue weighted by molar-refractivity contribution is -0.128. The van der Waals surface area contributed by atoms with Crippen molar-refractivity contribution in [1.29, 1.82) is 5.26 Å². The van der Waals surface area contributed by atoms with Crippen LogP contribution >= 0.6 is 0 Å². The number of amides is 1. The van der Waals surface area contributed by atoms with Crippen molar-refractivity contribution in [2.45, 2.75) is 0 Å². The van der Waals surface area contributed by atoms with Crippen LogP contribution in [-0.2, 0) is 9.53 Å². The highest BCUT2D eigenvalue weighted by atomic mass is 16.5. The van der Waals surface area contributed by atoms with E-state index in [1.54, 1.807) is 29.2 Å². The Hall–Kier alpha value is -2.89. The first-order valence-electron chi connectivity index (χ1n) is 8.36. The van der Waals surface area contributed by atoms with Gasteiger partial charge in [0.15, 0.2) is 0 Å². The third kappa shape index (κ3) is 5.05. The molecule has 0 unspecified atom stereocenters. The number of nitriles is 1. The summed E-state index contributed by atoms with van der Waals surface area (Å²) in [5.41, 5.74) is 6.66. The molecule has 0 bridgehead atoms. The highest BCUT2D eigenvalue weighted by Gasteiger charge is 2.23. The quantitative estimate of drug-likeness (QED) is 0.430. The largest absolute Gasteiger partial charge is 0.465 e. The molecule has 0 saturated carbocycles. The lowest BCUT2D eigenvalue weighted by Crippen LogP contribution is -2.50. The number of rotatable bonds is 6. The number of anilines is 1. The van der Waals surface area contributed by atoms with Gasteiger partial charge in [-0.15, -0.1) is 0 Å². The molecule has 8 nitrogen and oxygen atoms in total. The van der Waals surface area contributed by atoms with E-state index in [1.165, 1.54) is 13.3 Å². The minimum Gasteiger partial charge on any atom is -0.465 e. The molecule has 1 saturated heterocycles. The van der Waals surface area contributed by atoms with Crippen LogP contribution in [0, 0.1) is 11.3 Å². The molecule has 0 aromatic heterocycles. The predicted molar refractivity (Wildman–Crippen MR) is 97.2 cm³/mol. The van der Waals surface area contributed by atoms with Crippen molar-refractivity contribution in [3.05, 3.63) is 41.6 Å². The molecule has 1 aliphatic rings. The van der Waals surface area contributed by atoms with Crippen LogP contribution in [-0.4, -0.2) is 68.1 Å². The van der Waals surface area contributed by atoms with Crippen molar-refractivity contribution < 1.29 is 14.3 Å². The van der Waals surface area contributed by atoms with E-state index in [-0.39, 0.29) is 11.5 Å². The second-order valence-corrected chi connectivity index (χ2v) is 5.81. The number of nitrogens with one attached hydrogen (secondary N) is 1. The fourth-order valence-electron chi connectivity index (χ4n) is 2.65. The molecule has 1 aromatic carbocycles. The highest BCUT2D eigenvalue weighted by molar-refractivity contribution is 5.97. The third-order valence-corrected chi connectivity index (χ3v) is 4.14. The molecule has 0 aliphatic carbocycles. The van der Waals surface area contributed by atoms with E-state index in [4.69, 9.17) is 5.73 Å². The molecule has 26 heavy (non-hydrogen) atoms. The molecule has 1 fully saturated rings. The number of benzene rings is 1. The first kappa shape index (κ1) is 19.4. The number of esters is 1. The summed E-state index contributed by atoms with van der Waals surface area (Å²) in [6, 6.07) is 8.50. The van der Waals surface area contributed by atoms with Crippen LogP contribution < -0.4 is 11.1 Å². The van der Waals surface area contributed by atoms with E-state index in [0.29, 0.717) is 30.9 Å². The van der Waals surface area contributed by atoms with Gasteiger partial charge in [-0.3, -0.25) is 9.69 Å². The van der Waals surface area contributed by atoms with Gasteiger partial charge in [-0.1, -0.05) is 0 Å². The van der Waals surface area contributed by atoms with Gasteiger partial charge in [-0.2, -0.15) is 5.26 Å². The zero-order valence-electron chi connectivity index (χ0n) is 14.8. The number of piperazine rings is 1. The number of nitrogens with two attached hydrogens (primary N) is 1. The molecule has 0 spiro atoms. The monoisotopic (exact) mass is 357 g/mol. The molecule has 1 aliphatic heterocycles. The van der Waals surface area contributed by atoms with Crippen molar-refractivity contribution in [1.82, 2.24) is 9.80 Å². The van der Waals surface area contributed by atoms with Crippen LogP contribution in [0.15, 0.2) is 36.0 Å². The predicted octanol–water partition coefficient (Wildman–Crippen LogP) is 0.395. The minimum absolute atomic E-state index is 0.0364. The van der Waals surface area contributed by atoms with Crippen LogP contribution in [0.25, 0.3) is 0 Å². The van der Waals surface area contributed by atoms with Crippen LogP contribution in [0.1, 0.15) is 10.4 Å². The first-order chi connectivity index (χ1) is 12.6. The number of hydrogen-bond donors (Lipinski definition) is 2. The molecule has 1 amide bonds. The Labute approximate surface area is 152 Å². The lowest BCUT2D eigenvalue weighted by Gasteiger charge is -2.34. The number of ether oxygens (including phenoxy) is 1. The van der Waals surface area contributed by atoms with Gasteiger partial charge in [0.05, 0.1) is 12.7 Å². The van der Waals surface area contributed by atoms with Crippen molar-refractivity contribution in [2.75, 3.05) is 51.7 Å². The Bertz CT molecular complexity index is 701. The molecular formula is C18H23N5O3. The molecule has 1 aromatic rings. The SMILES string of the molecule is COC(=O)c1ccc(N/C=C(/C#N)C(=O)N2CCN(CCN)CC2)cc1. The number of nitrogens with zero attached hydrogens (tertiary/aromatic N) is 3. The topological polar surface area (TPSA) is 112 Å². The van der Waals surface area contributed by atoms with Gasteiger partial charge in [-0.05, 0) is 24.3 Å². The standard InChI is InChI=1S/C18H23N5O3/c1-26-18(25)14-2-4-16(5-3-14)21-13-15(12-20)17(24)23-10-8-22(7-6-19)9-11-23/h2-5,13,21H,6-11,19H2,1H3/b15-13-. The maximum atomic E-state index is 12.5. The first-order valence-corrected chi connectivity index (χ1v) is 8.36. The summed E-state index contributed by atoms with van der Waals surface area (Å²) in [5, 5.41) is 12.2. The summed E-state index contributed by atoms with van der Waals surface area (Å²) < 4.78 is 4.64. The van der Waals surface area contributed by atoms with E-state index in [9.17, 15) is 14.9 Å². The number of hydrogen-bond acceptors (Lipinski definition) is 7. The van der Waals surface area contributed by atoms with E-state index >= 15 is 0 Å². The second-order valence-electron chi connectivity index (χ2n) is 5.81. The second kappa shape index (κ2) is 9.56. The molecule has 0 atom stereocenters. The number of methoxy groups -OCH3 is 1. The number of carbonyl (C=O) groups is 2. The number of carbonyl (C=O) groups excluding carboxylic acids is 2. The van der Waals surface area contributed by atoms with Crippen molar-refractivity contribution >= 4 is 17.6 Å². The Morgan fingerprint density at radius 3 is 2.46 bits per heavy atom. The van der Waals surface area contributed by atoms with E-state index in [1.807, 2.05) is 6.07 Å². The van der Waals surface area contributed by atoms with Gasteiger partial charge >= 0.3 is 5.97 Å². The van der Waals surface area contributed by atoms with Gasteiger partial charge in [0.1, 0.15) is 11.6 Å². The van der Waals surface area contributed by atoms with Crippen LogP contribution in [0.5, 0.6) is 0 Å². The fourth-order valence-corrected chi connectivity index (χ4v) is 2.65. The summed E-state index contributed by atoms with van der Waals surface area (Å²) in [7, 11) is 1.32. The molecule has 138 valence electrons. The molecule has 8 heteroatoms. The zero-order chi connectivity index (χ0) is 18.9. The van der Waals surface area contributed by atoms with Gasteiger partial charge in [0.2, 0.25) is 0 Å². The molecule has 1 heterocycles. The van der Waals surface area contributed by atoms with E-state index in [0.717, 1.165) is 19.6 Å². The summed E-state index contributed by atoms with van der Waals surface area (Å²) in [6.07, 6.45) is 1.39. The Kier molecular flexibility index (Phi) is 7.14. The molecule has 0 radical (unpaired) electrons. The average Bonchev–Trinajstić information content (AvgIpc) is 2.69. The highest BCUT2D eigenvalue weighted by Crippen LogP contribution is 2.12. The van der Waals surface area contributed by atoms with Crippen molar-refractivity contribution in [2.24, 2.45) is 5.73 Å². The summed E-state index contributed by atoms with van der Waals surface area (Å²) in [6.45, 7) is 4.06. The van der Waals surface area contributed by atoms with Crippen LogP contribution in [0.3, 0.4) is 0 Å². The molecule has 2 rings (SSSR count). The summed E-state index contributed by atoms with van der Waals surface area (Å²) >= 11 is 0. The van der Waals surface area contributed by atoms with Crippen molar-refractivity contribution in [3.8, 4) is 6.07 Å². The smallest absolute Gasteiger partial charge is 0.337 e. The van der Waals surface area contributed by atoms with Gasteiger partial charge in [0, 0.05) is 51.2 Å². The summed E-state index contributed by atoms with van der Waals surface area (Å²) in [4.78, 5) is 27.8. The third-order valence-electron chi connectivity index (χ3n) is 4.14. The zero-order valence-corrected chi connectivity index (χ0v) is 14.8. The molecule has 3 N–H and O–H groups in total. The lowest BCUT2D eigenvalue weighted by atomic mass is 10.2. The van der Waals surface area contributed by atoms with Gasteiger partial charge in [0.25, 0.3) is 5.91 Å². The molecular weight excluding hydrogens is 334 g/mol. The van der Waals surface area contributed by atoms with Crippen LogP contribution in [0.4, 0.5) is 5.69 Å². The van der Waals surface area contributed by atoms with E-state index in [2.05, 4.69) is 15.0 Å². The normalized spacial score (nSPS) is 15.3.